The quantitative estimate of drug-likeness (QED) is 0.622. The molecule has 5 nitrogen and oxygen atoms in total. The summed E-state index contributed by atoms with van der Waals surface area (Å²) in [6, 6.07) is 1.44. The molecule has 1 fully saturated rings. The van der Waals surface area contributed by atoms with Gasteiger partial charge in [-0.05, 0) is 33.8 Å². The van der Waals surface area contributed by atoms with Crippen LogP contribution in [-0.2, 0) is 9.31 Å². The van der Waals surface area contributed by atoms with E-state index in [1.165, 1.54) is 12.3 Å². The van der Waals surface area contributed by atoms with Crippen LogP contribution in [-0.4, -0.2) is 34.7 Å². The van der Waals surface area contributed by atoms with Crippen LogP contribution < -0.4 is 5.59 Å². The molecule has 1 aliphatic rings. The molecule has 0 unspecified atom stereocenters. The highest BCUT2D eigenvalue weighted by molar-refractivity contribution is 6.62. The Bertz CT molecular complexity index is 471. The fourth-order valence-electron chi connectivity index (χ4n) is 1.71. The number of aromatic nitrogens is 1. The normalized spacial score (nSPS) is 21.0. The molecule has 0 aromatic carbocycles. The number of aldehydes is 1. The number of carbonyl (C=O) groups excluding carboxylic acids is 1. The molecule has 1 saturated heterocycles. The first-order valence-electron chi connectivity index (χ1n) is 5.77. The average molecular weight is 249 g/mol. The van der Waals surface area contributed by atoms with Crippen LogP contribution in [0.1, 0.15) is 38.1 Å². The Morgan fingerprint density at radius 2 is 1.83 bits per heavy atom. The molecule has 1 aromatic rings. The van der Waals surface area contributed by atoms with Crippen molar-refractivity contribution in [3.05, 3.63) is 17.8 Å². The zero-order valence-electron chi connectivity index (χ0n) is 10.9. The Morgan fingerprint density at radius 3 is 2.33 bits per heavy atom. The van der Waals surface area contributed by atoms with Gasteiger partial charge in [-0.1, -0.05) is 0 Å². The molecule has 0 atom stereocenters. The largest absolute Gasteiger partial charge is 0.518 e. The predicted molar refractivity (Wildman–Crippen MR) is 67.0 cm³/mol. The van der Waals surface area contributed by atoms with E-state index in [0.29, 0.717) is 6.29 Å². The van der Waals surface area contributed by atoms with Gasteiger partial charge in [0.15, 0.2) is 6.29 Å². The summed E-state index contributed by atoms with van der Waals surface area (Å²) in [6.45, 7) is 7.64. The lowest BCUT2D eigenvalue weighted by molar-refractivity contribution is 0.00578. The standard InChI is InChI=1S/C12H16BNO4/c1-11(2)12(3,4)18-13(17-11)10-9(16)8(7-15)5-6-14-10/h5-7,16H,1-4H3. The maximum atomic E-state index is 10.8. The van der Waals surface area contributed by atoms with Crippen LogP contribution in [0.2, 0.25) is 0 Å². The van der Waals surface area contributed by atoms with Crippen LogP contribution in [0.3, 0.4) is 0 Å². The lowest BCUT2D eigenvalue weighted by Crippen LogP contribution is -2.41. The minimum absolute atomic E-state index is 0.176. The van der Waals surface area contributed by atoms with E-state index in [0.717, 1.165) is 0 Å². The summed E-state index contributed by atoms with van der Waals surface area (Å²) in [5, 5.41) is 9.94. The summed E-state index contributed by atoms with van der Waals surface area (Å²) in [4.78, 5) is 14.8. The third-order valence-electron chi connectivity index (χ3n) is 3.59. The zero-order chi connectivity index (χ0) is 13.6. The number of nitrogens with zero attached hydrogens (tertiary/aromatic N) is 1. The molecular formula is C12H16BNO4. The number of hydrogen-bond acceptors (Lipinski definition) is 5. The van der Waals surface area contributed by atoms with Gasteiger partial charge in [0, 0.05) is 6.20 Å². The summed E-state index contributed by atoms with van der Waals surface area (Å²) < 4.78 is 11.5. The van der Waals surface area contributed by atoms with Gasteiger partial charge in [-0.2, -0.15) is 0 Å². The van der Waals surface area contributed by atoms with Gasteiger partial charge in [-0.15, -0.1) is 0 Å². The Kier molecular flexibility index (Phi) is 2.95. The van der Waals surface area contributed by atoms with Gasteiger partial charge in [0.25, 0.3) is 0 Å². The highest BCUT2D eigenvalue weighted by Gasteiger charge is 2.53. The average Bonchev–Trinajstić information content (AvgIpc) is 2.48. The molecular weight excluding hydrogens is 233 g/mol. The molecule has 6 heteroatoms. The molecule has 0 bridgehead atoms. The van der Waals surface area contributed by atoms with E-state index in [1.54, 1.807) is 0 Å². The predicted octanol–water partition coefficient (Wildman–Crippen LogP) is 0.899. The van der Waals surface area contributed by atoms with Gasteiger partial charge in [0.1, 0.15) is 11.3 Å². The molecule has 2 heterocycles. The number of rotatable bonds is 2. The van der Waals surface area contributed by atoms with Gasteiger partial charge in [-0.25, -0.2) is 0 Å². The van der Waals surface area contributed by atoms with Crippen LogP contribution in [0.15, 0.2) is 12.3 Å². The number of aromatic hydroxyl groups is 1. The van der Waals surface area contributed by atoms with Crippen molar-refractivity contribution in [3.63, 3.8) is 0 Å². The molecule has 1 aromatic heterocycles. The second-order valence-corrected chi connectivity index (χ2v) is 5.34. The van der Waals surface area contributed by atoms with Crippen LogP contribution >= 0.6 is 0 Å². The van der Waals surface area contributed by atoms with Crippen molar-refractivity contribution in [1.82, 2.24) is 4.98 Å². The second-order valence-electron chi connectivity index (χ2n) is 5.34. The molecule has 0 spiro atoms. The van der Waals surface area contributed by atoms with E-state index in [2.05, 4.69) is 4.98 Å². The lowest BCUT2D eigenvalue weighted by atomic mass is 9.82. The van der Waals surface area contributed by atoms with Crippen molar-refractivity contribution in [2.24, 2.45) is 0 Å². The lowest BCUT2D eigenvalue weighted by Gasteiger charge is -2.32. The zero-order valence-corrected chi connectivity index (χ0v) is 10.9. The van der Waals surface area contributed by atoms with Crippen LogP contribution in [0.5, 0.6) is 5.75 Å². The fraction of sp³-hybridized carbons (Fsp3) is 0.500. The van der Waals surface area contributed by atoms with Crippen molar-refractivity contribution in [3.8, 4) is 5.75 Å². The molecule has 0 aliphatic carbocycles. The van der Waals surface area contributed by atoms with Gasteiger partial charge < -0.3 is 14.4 Å². The fourth-order valence-corrected chi connectivity index (χ4v) is 1.71. The van der Waals surface area contributed by atoms with Crippen LogP contribution in [0.25, 0.3) is 0 Å². The first-order valence-corrected chi connectivity index (χ1v) is 5.77. The molecule has 0 amide bonds. The number of pyridine rings is 1. The van der Waals surface area contributed by atoms with E-state index in [1.807, 2.05) is 27.7 Å². The Labute approximate surface area is 106 Å². The van der Waals surface area contributed by atoms with Crippen molar-refractivity contribution < 1.29 is 19.2 Å². The minimum atomic E-state index is -0.769. The van der Waals surface area contributed by atoms with Crippen molar-refractivity contribution in [1.29, 1.82) is 0 Å². The first-order chi connectivity index (χ1) is 8.28. The molecule has 1 aliphatic heterocycles. The summed E-state index contributed by atoms with van der Waals surface area (Å²) in [5.74, 6) is -0.189. The van der Waals surface area contributed by atoms with Crippen molar-refractivity contribution in [2.75, 3.05) is 0 Å². The smallest absolute Gasteiger partial charge is 0.506 e. The Balaban J connectivity index is 2.38. The highest BCUT2D eigenvalue weighted by Crippen LogP contribution is 2.36. The number of carbonyl (C=O) groups is 1. The maximum Gasteiger partial charge on any atom is 0.518 e. The minimum Gasteiger partial charge on any atom is -0.506 e. The van der Waals surface area contributed by atoms with Crippen LogP contribution in [0, 0.1) is 0 Å². The molecule has 2 rings (SSSR count). The topological polar surface area (TPSA) is 68.7 Å². The monoisotopic (exact) mass is 249 g/mol. The van der Waals surface area contributed by atoms with E-state index in [-0.39, 0.29) is 16.9 Å². The van der Waals surface area contributed by atoms with E-state index < -0.39 is 18.3 Å². The SMILES string of the molecule is CC1(C)OB(c2nccc(C=O)c2O)OC1(C)C. The van der Waals surface area contributed by atoms with E-state index in [4.69, 9.17) is 9.31 Å². The molecule has 1 N–H and O–H groups in total. The molecule has 0 saturated carbocycles. The van der Waals surface area contributed by atoms with Crippen molar-refractivity contribution in [2.45, 2.75) is 38.9 Å². The Hall–Kier alpha value is -1.40. The summed E-state index contributed by atoms with van der Waals surface area (Å²) in [7, 11) is -0.769. The van der Waals surface area contributed by atoms with Crippen LogP contribution in [0.4, 0.5) is 0 Å². The van der Waals surface area contributed by atoms with Gasteiger partial charge in [0.2, 0.25) is 0 Å². The molecule has 0 radical (unpaired) electrons. The van der Waals surface area contributed by atoms with Gasteiger partial charge >= 0.3 is 7.12 Å². The third kappa shape index (κ3) is 1.91. The van der Waals surface area contributed by atoms with Crippen molar-refractivity contribution >= 4 is 19.0 Å². The van der Waals surface area contributed by atoms with E-state index in [9.17, 15) is 9.90 Å². The Morgan fingerprint density at radius 1 is 1.28 bits per heavy atom. The summed E-state index contributed by atoms with van der Waals surface area (Å²) in [6.07, 6.45) is 2.02. The maximum absolute atomic E-state index is 10.8. The summed E-state index contributed by atoms with van der Waals surface area (Å²) >= 11 is 0. The van der Waals surface area contributed by atoms with Gasteiger partial charge in [-0.3, -0.25) is 9.78 Å². The number of hydrogen-bond donors (Lipinski definition) is 1. The van der Waals surface area contributed by atoms with Gasteiger partial charge in [0.05, 0.1) is 16.8 Å². The van der Waals surface area contributed by atoms with E-state index >= 15 is 0 Å². The third-order valence-corrected chi connectivity index (χ3v) is 3.59. The molecule has 18 heavy (non-hydrogen) atoms. The highest BCUT2D eigenvalue weighted by atomic mass is 16.7. The summed E-state index contributed by atoms with van der Waals surface area (Å²) in [5.41, 5.74) is -0.612. The molecule has 96 valence electrons. The first kappa shape index (κ1) is 13.0. The second kappa shape index (κ2) is 4.07.